The molecule has 2 aromatic carbocycles. The van der Waals surface area contributed by atoms with Crippen LogP contribution >= 0.6 is 11.6 Å². The van der Waals surface area contributed by atoms with E-state index in [4.69, 9.17) is 11.6 Å². The second kappa shape index (κ2) is 8.84. The minimum absolute atomic E-state index is 0.148. The van der Waals surface area contributed by atoms with Crippen LogP contribution in [0, 0.1) is 0 Å². The average molecular weight is 445 g/mol. The summed E-state index contributed by atoms with van der Waals surface area (Å²) in [6.07, 6.45) is -0.793. The number of hydrogen-bond donors (Lipinski definition) is 4. The third-order valence-corrected chi connectivity index (χ3v) is 6.02. The van der Waals surface area contributed by atoms with Crippen LogP contribution in [0.25, 0.3) is 0 Å². The lowest BCUT2D eigenvalue weighted by molar-refractivity contribution is -0.0477. The maximum absolute atomic E-state index is 13.0. The number of hydrogen-bond acceptors (Lipinski definition) is 5. The molecule has 164 valence electrons. The molecule has 2 aliphatic rings. The summed E-state index contributed by atoms with van der Waals surface area (Å²) in [6, 6.07) is 11.7. The summed E-state index contributed by atoms with van der Waals surface area (Å²) < 4.78 is 0. The number of fused-ring (bicyclic) bond motifs is 1. The Balaban J connectivity index is 1.47. The van der Waals surface area contributed by atoms with E-state index in [0.717, 1.165) is 11.1 Å². The van der Waals surface area contributed by atoms with E-state index in [1.807, 2.05) is 6.07 Å². The minimum Gasteiger partial charge on any atom is -0.379 e. The van der Waals surface area contributed by atoms with E-state index in [2.05, 4.69) is 10.6 Å². The normalized spacial score (nSPS) is 22.9. The van der Waals surface area contributed by atoms with Gasteiger partial charge in [0, 0.05) is 36.4 Å². The number of aliphatic hydroxyl groups is 2. The monoisotopic (exact) mass is 444 g/mol. The van der Waals surface area contributed by atoms with E-state index >= 15 is 0 Å². The van der Waals surface area contributed by atoms with E-state index in [-0.39, 0.29) is 11.9 Å². The van der Waals surface area contributed by atoms with E-state index in [9.17, 15) is 19.8 Å². The molecule has 0 spiro atoms. The molecule has 8 nitrogen and oxygen atoms in total. The number of carbonyl (C=O) groups excluding carboxylic acids is 2. The third kappa shape index (κ3) is 4.52. The van der Waals surface area contributed by atoms with Crippen molar-refractivity contribution in [1.82, 2.24) is 15.1 Å². The number of amides is 3. The van der Waals surface area contributed by atoms with Crippen LogP contribution in [0.1, 0.15) is 34.3 Å². The number of nitrogens with zero attached hydrogens (tertiary/aromatic N) is 2. The van der Waals surface area contributed by atoms with Crippen LogP contribution in [0.3, 0.4) is 0 Å². The fourth-order valence-electron chi connectivity index (χ4n) is 4.15. The molecule has 0 aromatic heterocycles. The van der Waals surface area contributed by atoms with Gasteiger partial charge >= 0.3 is 6.03 Å². The van der Waals surface area contributed by atoms with Gasteiger partial charge in [0.05, 0.1) is 6.04 Å². The summed E-state index contributed by atoms with van der Waals surface area (Å²) in [5.74, 6) is -0.148. The lowest BCUT2D eigenvalue weighted by Crippen LogP contribution is -2.56. The van der Waals surface area contributed by atoms with Gasteiger partial charge in [-0.2, -0.15) is 0 Å². The van der Waals surface area contributed by atoms with E-state index in [1.165, 1.54) is 4.90 Å². The van der Waals surface area contributed by atoms with Gasteiger partial charge in [-0.1, -0.05) is 29.8 Å². The summed E-state index contributed by atoms with van der Waals surface area (Å²) in [5.41, 5.74) is 2.91. The Bertz CT molecular complexity index is 1000. The summed E-state index contributed by atoms with van der Waals surface area (Å²) in [7, 11) is 1.68. The van der Waals surface area contributed by atoms with Gasteiger partial charge in [-0.05, 0) is 48.2 Å². The number of urea groups is 1. The van der Waals surface area contributed by atoms with Crippen molar-refractivity contribution in [3.8, 4) is 0 Å². The molecule has 4 N–H and O–H groups in total. The van der Waals surface area contributed by atoms with Crippen molar-refractivity contribution in [3.05, 3.63) is 64.2 Å². The molecular formula is C22H25ClN4O4. The van der Waals surface area contributed by atoms with Gasteiger partial charge in [-0.3, -0.25) is 10.1 Å². The molecule has 3 unspecified atom stereocenters. The highest BCUT2D eigenvalue weighted by molar-refractivity contribution is 6.30. The van der Waals surface area contributed by atoms with Gasteiger partial charge in [0.15, 0.2) is 0 Å². The molecule has 0 saturated carbocycles. The van der Waals surface area contributed by atoms with Crippen LogP contribution in [-0.4, -0.2) is 57.5 Å². The number of halogens is 1. The number of nitrogens with one attached hydrogen (secondary N) is 2. The van der Waals surface area contributed by atoms with Gasteiger partial charge in [-0.25, -0.2) is 4.79 Å². The van der Waals surface area contributed by atoms with Gasteiger partial charge in [0.2, 0.25) is 0 Å². The molecule has 2 aliphatic heterocycles. The van der Waals surface area contributed by atoms with Crippen LogP contribution in [0.5, 0.6) is 0 Å². The molecule has 3 amide bonds. The van der Waals surface area contributed by atoms with Gasteiger partial charge in [-0.15, -0.1) is 0 Å². The van der Waals surface area contributed by atoms with Crippen LogP contribution in [-0.2, 0) is 13.1 Å². The van der Waals surface area contributed by atoms with Crippen molar-refractivity contribution in [1.29, 1.82) is 0 Å². The third-order valence-electron chi connectivity index (χ3n) is 5.79. The molecular weight excluding hydrogens is 420 g/mol. The lowest BCUT2D eigenvalue weighted by atomic mass is 10.0. The van der Waals surface area contributed by atoms with Crippen molar-refractivity contribution in [2.45, 2.75) is 44.4 Å². The first-order valence-electron chi connectivity index (χ1n) is 10.1. The zero-order chi connectivity index (χ0) is 22.1. The first-order chi connectivity index (χ1) is 14.8. The Labute approximate surface area is 185 Å². The standard InChI is InChI=1S/C22H25ClN4O4/c1-26(22(31)24-15-6-3-5-14(23)10-15)11-13-4-2-7-16-17(13)12-27(21(16)30)18-8-9-19(28)25-20(18)29/h2-7,10,18-20,25,28-29H,8-9,11-12H2,1H3,(H,24,31). The number of carbonyl (C=O) groups is 2. The van der Waals surface area contributed by atoms with Gasteiger partial charge < -0.3 is 25.3 Å². The van der Waals surface area contributed by atoms with Crippen molar-refractivity contribution < 1.29 is 19.8 Å². The Morgan fingerprint density at radius 1 is 1.26 bits per heavy atom. The highest BCUT2D eigenvalue weighted by Crippen LogP contribution is 2.31. The summed E-state index contributed by atoms with van der Waals surface area (Å²) in [4.78, 5) is 28.8. The highest BCUT2D eigenvalue weighted by Gasteiger charge is 2.39. The summed E-state index contributed by atoms with van der Waals surface area (Å²) in [5, 5.41) is 26.0. The van der Waals surface area contributed by atoms with Gasteiger partial charge in [0.1, 0.15) is 12.5 Å². The predicted molar refractivity (Wildman–Crippen MR) is 116 cm³/mol. The first kappa shape index (κ1) is 21.6. The molecule has 2 heterocycles. The van der Waals surface area contributed by atoms with Crippen molar-refractivity contribution in [2.75, 3.05) is 12.4 Å². The minimum atomic E-state index is -0.989. The molecule has 2 aromatic rings. The number of rotatable bonds is 4. The molecule has 4 rings (SSSR count). The number of benzene rings is 2. The molecule has 3 atom stereocenters. The Kier molecular flexibility index (Phi) is 6.15. The quantitative estimate of drug-likeness (QED) is 0.579. The number of aliphatic hydroxyl groups excluding tert-OH is 2. The number of piperidine rings is 1. The first-order valence-corrected chi connectivity index (χ1v) is 10.5. The summed E-state index contributed by atoms with van der Waals surface area (Å²) >= 11 is 5.97. The van der Waals surface area contributed by atoms with Crippen LogP contribution < -0.4 is 10.6 Å². The topological polar surface area (TPSA) is 105 Å². The molecule has 31 heavy (non-hydrogen) atoms. The molecule has 1 saturated heterocycles. The van der Waals surface area contributed by atoms with Crippen molar-refractivity contribution in [3.63, 3.8) is 0 Å². The highest BCUT2D eigenvalue weighted by atomic mass is 35.5. The zero-order valence-electron chi connectivity index (χ0n) is 17.1. The Morgan fingerprint density at radius 2 is 2.03 bits per heavy atom. The second-order valence-corrected chi connectivity index (χ2v) is 8.38. The smallest absolute Gasteiger partial charge is 0.321 e. The molecule has 1 fully saturated rings. The van der Waals surface area contributed by atoms with E-state index in [0.29, 0.717) is 42.2 Å². The Hall–Kier alpha value is -2.65. The SMILES string of the molecule is CN(Cc1cccc2c1CN(C1CCC(O)NC1O)C2=O)C(=O)Nc1cccc(Cl)c1. The van der Waals surface area contributed by atoms with Crippen molar-refractivity contribution >= 4 is 29.2 Å². The average Bonchev–Trinajstić information content (AvgIpc) is 3.05. The van der Waals surface area contributed by atoms with Gasteiger partial charge in [0.25, 0.3) is 5.91 Å². The Morgan fingerprint density at radius 3 is 2.77 bits per heavy atom. The van der Waals surface area contributed by atoms with Crippen molar-refractivity contribution in [2.24, 2.45) is 0 Å². The van der Waals surface area contributed by atoms with E-state index in [1.54, 1.807) is 48.3 Å². The van der Waals surface area contributed by atoms with E-state index < -0.39 is 18.5 Å². The summed E-state index contributed by atoms with van der Waals surface area (Å²) in [6.45, 7) is 0.675. The fraction of sp³-hybridized carbons (Fsp3) is 0.364. The maximum Gasteiger partial charge on any atom is 0.321 e. The molecule has 0 aliphatic carbocycles. The predicted octanol–water partition coefficient (Wildman–Crippen LogP) is 2.35. The lowest BCUT2D eigenvalue weighted by Gasteiger charge is -2.37. The molecule has 9 heteroatoms. The molecule has 0 radical (unpaired) electrons. The van der Waals surface area contributed by atoms with Crippen LogP contribution in [0.15, 0.2) is 42.5 Å². The zero-order valence-corrected chi connectivity index (χ0v) is 17.8. The van der Waals surface area contributed by atoms with Crippen LogP contribution in [0.4, 0.5) is 10.5 Å². The van der Waals surface area contributed by atoms with Crippen LogP contribution in [0.2, 0.25) is 5.02 Å². The fourth-order valence-corrected chi connectivity index (χ4v) is 4.34. The number of anilines is 1. The second-order valence-electron chi connectivity index (χ2n) is 7.94. The molecule has 0 bridgehead atoms. The largest absolute Gasteiger partial charge is 0.379 e. The maximum atomic E-state index is 13.0.